The first-order valence-corrected chi connectivity index (χ1v) is 5.81. The molecule has 5 heteroatoms. The van der Waals surface area contributed by atoms with Gasteiger partial charge >= 0.3 is 6.18 Å². The summed E-state index contributed by atoms with van der Waals surface area (Å²) in [7, 11) is 0. The van der Waals surface area contributed by atoms with Crippen molar-refractivity contribution in [2.45, 2.75) is 33.5 Å². The summed E-state index contributed by atoms with van der Waals surface area (Å²) >= 11 is 0. The molecule has 0 aliphatic heterocycles. The molecule has 0 aromatic heterocycles. The van der Waals surface area contributed by atoms with E-state index in [4.69, 9.17) is 0 Å². The molecule has 18 heavy (non-hydrogen) atoms. The molecule has 0 radical (unpaired) electrons. The van der Waals surface area contributed by atoms with Crippen molar-refractivity contribution in [3.05, 3.63) is 28.8 Å². The Morgan fingerprint density at radius 1 is 1.17 bits per heavy atom. The van der Waals surface area contributed by atoms with E-state index in [1.807, 2.05) is 0 Å². The first-order valence-electron chi connectivity index (χ1n) is 5.81. The van der Waals surface area contributed by atoms with E-state index in [0.717, 1.165) is 5.56 Å². The number of rotatable bonds is 4. The van der Waals surface area contributed by atoms with Gasteiger partial charge in [-0.25, -0.2) is 0 Å². The second-order valence-corrected chi connectivity index (χ2v) is 4.50. The molecule has 1 rings (SSSR count). The molecule has 0 atom stereocenters. The molecule has 0 unspecified atom stereocenters. The summed E-state index contributed by atoms with van der Waals surface area (Å²) in [6.45, 7) is 4.84. The highest BCUT2D eigenvalue weighted by atomic mass is 19.4. The van der Waals surface area contributed by atoms with Gasteiger partial charge in [-0.1, -0.05) is 19.1 Å². The van der Waals surface area contributed by atoms with Crippen LogP contribution in [0.15, 0.2) is 12.1 Å². The van der Waals surface area contributed by atoms with Crippen molar-refractivity contribution >= 4 is 0 Å². The monoisotopic (exact) mass is 261 g/mol. The van der Waals surface area contributed by atoms with E-state index in [1.165, 1.54) is 4.90 Å². The predicted molar refractivity (Wildman–Crippen MR) is 64.6 cm³/mol. The van der Waals surface area contributed by atoms with Crippen LogP contribution in [0.1, 0.15) is 23.6 Å². The van der Waals surface area contributed by atoms with Crippen molar-refractivity contribution in [1.29, 1.82) is 0 Å². The SMILES string of the molecule is CCN(Cc1cc(C)c(O)c(C)c1)CC(F)(F)F. The Bertz CT molecular complexity index is 392. The van der Waals surface area contributed by atoms with E-state index in [1.54, 1.807) is 32.9 Å². The van der Waals surface area contributed by atoms with E-state index in [-0.39, 0.29) is 12.3 Å². The third kappa shape index (κ3) is 4.22. The van der Waals surface area contributed by atoms with Gasteiger partial charge in [-0.05, 0) is 37.1 Å². The van der Waals surface area contributed by atoms with Crippen molar-refractivity contribution in [1.82, 2.24) is 4.90 Å². The number of hydrogen-bond donors (Lipinski definition) is 1. The van der Waals surface area contributed by atoms with Crippen LogP contribution in [0.3, 0.4) is 0 Å². The standard InChI is InChI=1S/C13H18F3NO/c1-4-17(8-13(14,15)16)7-11-5-9(2)12(18)10(3)6-11/h5-6,18H,4,7-8H2,1-3H3. The highest BCUT2D eigenvalue weighted by Crippen LogP contribution is 2.24. The smallest absolute Gasteiger partial charge is 0.401 e. The van der Waals surface area contributed by atoms with Crippen LogP contribution in [0.4, 0.5) is 13.2 Å². The maximum absolute atomic E-state index is 12.3. The minimum absolute atomic E-state index is 0.206. The van der Waals surface area contributed by atoms with Crippen LogP contribution in [-0.4, -0.2) is 29.3 Å². The maximum Gasteiger partial charge on any atom is 0.401 e. The van der Waals surface area contributed by atoms with Gasteiger partial charge in [-0.2, -0.15) is 13.2 Å². The topological polar surface area (TPSA) is 23.5 Å². The van der Waals surface area contributed by atoms with Gasteiger partial charge in [0, 0.05) is 6.54 Å². The third-order valence-corrected chi connectivity index (χ3v) is 2.81. The normalized spacial score (nSPS) is 12.2. The van der Waals surface area contributed by atoms with Gasteiger partial charge in [-0.15, -0.1) is 0 Å². The summed E-state index contributed by atoms with van der Waals surface area (Å²) in [6, 6.07) is 3.45. The molecule has 1 N–H and O–H groups in total. The molecule has 1 aromatic rings. The number of aryl methyl sites for hydroxylation is 2. The van der Waals surface area contributed by atoms with Gasteiger partial charge in [0.25, 0.3) is 0 Å². The first kappa shape index (κ1) is 14.8. The average Bonchev–Trinajstić information content (AvgIpc) is 2.23. The number of hydrogen-bond acceptors (Lipinski definition) is 2. The second kappa shape index (κ2) is 5.61. The number of alkyl halides is 3. The summed E-state index contributed by atoms with van der Waals surface area (Å²) in [6.07, 6.45) is -4.18. The molecule has 1 aromatic carbocycles. The van der Waals surface area contributed by atoms with Crippen molar-refractivity contribution in [2.24, 2.45) is 0 Å². The van der Waals surface area contributed by atoms with Crippen LogP contribution in [-0.2, 0) is 6.54 Å². The minimum Gasteiger partial charge on any atom is -0.507 e. The molecule has 102 valence electrons. The minimum atomic E-state index is -4.18. The van der Waals surface area contributed by atoms with E-state index >= 15 is 0 Å². The molecule has 0 spiro atoms. The van der Waals surface area contributed by atoms with Crippen LogP contribution >= 0.6 is 0 Å². The summed E-state index contributed by atoms with van der Waals surface area (Å²) in [4.78, 5) is 1.32. The highest BCUT2D eigenvalue weighted by molar-refractivity contribution is 5.42. The molecule has 0 bridgehead atoms. The number of halogens is 3. The van der Waals surface area contributed by atoms with Gasteiger partial charge in [0.05, 0.1) is 6.54 Å². The Hall–Kier alpha value is -1.23. The lowest BCUT2D eigenvalue weighted by atomic mass is 10.1. The molecule has 2 nitrogen and oxygen atoms in total. The van der Waals surface area contributed by atoms with Crippen LogP contribution in [0.2, 0.25) is 0 Å². The number of benzene rings is 1. The molecule has 0 aliphatic carbocycles. The number of phenolic OH excluding ortho intramolecular Hbond substituents is 1. The Labute approximate surface area is 105 Å². The highest BCUT2D eigenvalue weighted by Gasteiger charge is 2.30. The second-order valence-electron chi connectivity index (χ2n) is 4.50. The first-order chi connectivity index (χ1) is 8.23. The van der Waals surface area contributed by atoms with Crippen molar-refractivity contribution < 1.29 is 18.3 Å². The Balaban J connectivity index is 2.82. The largest absolute Gasteiger partial charge is 0.507 e. The lowest BCUT2D eigenvalue weighted by Gasteiger charge is -2.22. The van der Waals surface area contributed by atoms with Gasteiger partial charge in [-0.3, -0.25) is 4.90 Å². The number of nitrogens with zero attached hydrogens (tertiary/aromatic N) is 1. The van der Waals surface area contributed by atoms with Crippen molar-refractivity contribution in [2.75, 3.05) is 13.1 Å². The van der Waals surface area contributed by atoms with Crippen LogP contribution in [0.5, 0.6) is 5.75 Å². The fourth-order valence-corrected chi connectivity index (χ4v) is 1.93. The summed E-state index contributed by atoms with van der Waals surface area (Å²) in [5.74, 6) is 0.206. The van der Waals surface area contributed by atoms with Crippen LogP contribution in [0.25, 0.3) is 0 Å². The third-order valence-electron chi connectivity index (χ3n) is 2.81. The molecule has 0 fully saturated rings. The van der Waals surface area contributed by atoms with E-state index in [9.17, 15) is 18.3 Å². The van der Waals surface area contributed by atoms with Crippen LogP contribution < -0.4 is 0 Å². The molecule has 0 aliphatic rings. The summed E-state index contributed by atoms with van der Waals surface area (Å²) in [5.41, 5.74) is 2.16. The van der Waals surface area contributed by atoms with Crippen molar-refractivity contribution in [3.63, 3.8) is 0 Å². The van der Waals surface area contributed by atoms with E-state index in [0.29, 0.717) is 17.7 Å². The lowest BCUT2D eigenvalue weighted by molar-refractivity contribution is -0.146. The Kier molecular flexibility index (Phi) is 4.62. The molecule has 0 saturated heterocycles. The zero-order valence-electron chi connectivity index (χ0n) is 10.8. The summed E-state index contributed by atoms with van der Waals surface area (Å²) < 4.78 is 37.0. The van der Waals surface area contributed by atoms with Gasteiger partial charge in [0.15, 0.2) is 0 Å². The van der Waals surface area contributed by atoms with Crippen molar-refractivity contribution in [3.8, 4) is 5.75 Å². The Morgan fingerprint density at radius 2 is 1.67 bits per heavy atom. The van der Waals surface area contributed by atoms with E-state index in [2.05, 4.69) is 0 Å². The van der Waals surface area contributed by atoms with Gasteiger partial charge in [0.1, 0.15) is 5.75 Å². The molecule has 0 saturated carbocycles. The summed E-state index contributed by atoms with van der Waals surface area (Å²) in [5, 5.41) is 9.61. The lowest BCUT2D eigenvalue weighted by Crippen LogP contribution is -2.33. The van der Waals surface area contributed by atoms with E-state index < -0.39 is 12.7 Å². The quantitative estimate of drug-likeness (QED) is 0.898. The Morgan fingerprint density at radius 3 is 2.06 bits per heavy atom. The number of phenols is 1. The van der Waals surface area contributed by atoms with Crippen LogP contribution in [0, 0.1) is 13.8 Å². The fourth-order valence-electron chi connectivity index (χ4n) is 1.93. The molecular weight excluding hydrogens is 243 g/mol. The average molecular weight is 261 g/mol. The molecule has 0 heterocycles. The fraction of sp³-hybridized carbons (Fsp3) is 0.538. The number of aromatic hydroxyl groups is 1. The molecule has 0 amide bonds. The van der Waals surface area contributed by atoms with Gasteiger partial charge in [0.2, 0.25) is 0 Å². The maximum atomic E-state index is 12.3. The predicted octanol–water partition coefficient (Wildman–Crippen LogP) is 3.39. The van der Waals surface area contributed by atoms with Gasteiger partial charge < -0.3 is 5.11 Å². The zero-order valence-corrected chi connectivity index (χ0v) is 10.8. The zero-order chi connectivity index (χ0) is 13.9. The molecular formula is C13H18F3NO.